The molecule has 1 rings (SSSR count). The van der Waals surface area contributed by atoms with Crippen molar-refractivity contribution in [2.24, 2.45) is 10.9 Å². The van der Waals surface area contributed by atoms with Crippen LogP contribution in [0.15, 0.2) is 33.9 Å². The molecule has 0 fully saturated rings. The van der Waals surface area contributed by atoms with Crippen molar-refractivity contribution in [1.82, 2.24) is 0 Å². The fraction of sp³-hybridized carbons (Fsp3) is 0.364. The van der Waals surface area contributed by atoms with Crippen molar-refractivity contribution in [3.63, 3.8) is 0 Å². The molecule has 0 radical (unpaired) electrons. The van der Waals surface area contributed by atoms with E-state index in [0.717, 1.165) is 16.6 Å². The van der Waals surface area contributed by atoms with E-state index in [1.807, 2.05) is 31.2 Å². The first-order chi connectivity index (χ1) is 7.65. The summed E-state index contributed by atoms with van der Waals surface area (Å²) >= 11 is 3.37. The van der Waals surface area contributed by atoms with E-state index in [4.69, 9.17) is 15.7 Å². The van der Waals surface area contributed by atoms with Gasteiger partial charge in [-0.2, -0.15) is 0 Å². The Morgan fingerprint density at radius 1 is 1.62 bits per heavy atom. The van der Waals surface area contributed by atoms with Gasteiger partial charge in [0, 0.05) is 10.9 Å². The highest BCUT2D eigenvalue weighted by atomic mass is 79.9. The number of hydrogen-bond donors (Lipinski definition) is 2. The maximum absolute atomic E-state index is 8.49. The van der Waals surface area contributed by atoms with Gasteiger partial charge in [0.2, 0.25) is 0 Å². The smallest absolute Gasteiger partial charge is 0.142 e. The minimum Gasteiger partial charge on any atom is -0.490 e. The highest BCUT2D eigenvalue weighted by Gasteiger charge is 2.10. The SMILES string of the molecule is CCC(C/C(N)=N/O)Oc1cccc(Br)c1. The summed E-state index contributed by atoms with van der Waals surface area (Å²) in [6.07, 6.45) is 1.13. The topological polar surface area (TPSA) is 67.8 Å². The van der Waals surface area contributed by atoms with Gasteiger partial charge in [0.25, 0.3) is 0 Å². The molecule has 0 saturated carbocycles. The normalized spacial score (nSPS) is 13.5. The fourth-order valence-electron chi connectivity index (χ4n) is 1.28. The van der Waals surface area contributed by atoms with E-state index in [9.17, 15) is 0 Å². The molecule has 88 valence electrons. The predicted molar refractivity (Wildman–Crippen MR) is 66.9 cm³/mol. The first-order valence-electron chi connectivity index (χ1n) is 5.04. The first kappa shape index (κ1) is 12.8. The van der Waals surface area contributed by atoms with Crippen LogP contribution in [0.4, 0.5) is 0 Å². The van der Waals surface area contributed by atoms with Crippen molar-refractivity contribution >= 4 is 21.8 Å². The van der Waals surface area contributed by atoms with Crippen molar-refractivity contribution in [2.45, 2.75) is 25.9 Å². The molecule has 0 saturated heterocycles. The lowest BCUT2D eigenvalue weighted by molar-refractivity contribution is 0.202. The third-order valence-corrected chi connectivity index (χ3v) is 2.61. The van der Waals surface area contributed by atoms with Crippen molar-refractivity contribution in [3.05, 3.63) is 28.7 Å². The first-order valence-corrected chi connectivity index (χ1v) is 5.83. The number of ether oxygens (including phenoxy) is 1. The maximum Gasteiger partial charge on any atom is 0.142 e. The van der Waals surface area contributed by atoms with Gasteiger partial charge in [-0.15, -0.1) is 0 Å². The lowest BCUT2D eigenvalue weighted by atomic mass is 10.2. The minimum absolute atomic E-state index is 0.0785. The number of amidine groups is 1. The summed E-state index contributed by atoms with van der Waals surface area (Å²) in [6.45, 7) is 1.99. The summed E-state index contributed by atoms with van der Waals surface area (Å²) in [6, 6.07) is 7.58. The van der Waals surface area contributed by atoms with Gasteiger partial charge >= 0.3 is 0 Å². The average molecular weight is 287 g/mol. The molecule has 0 bridgehead atoms. The Bertz CT molecular complexity index is 369. The molecule has 1 aromatic rings. The van der Waals surface area contributed by atoms with Crippen molar-refractivity contribution in [1.29, 1.82) is 0 Å². The number of rotatable bonds is 5. The van der Waals surface area contributed by atoms with E-state index >= 15 is 0 Å². The highest BCUT2D eigenvalue weighted by molar-refractivity contribution is 9.10. The van der Waals surface area contributed by atoms with E-state index in [-0.39, 0.29) is 11.9 Å². The molecular formula is C11H15BrN2O2. The Balaban J connectivity index is 2.63. The summed E-state index contributed by atoms with van der Waals surface area (Å²) in [5, 5.41) is 11.4. The zero-order valence-electron chi connectivity index (χ0n) is 9.06. The standard InChI is InChI=1S/C11H15BrN2O2/c1-2-9(7-11(13)14-15)16-10-5-3-4-8(12)6-10/h3-6,9,15H,2,7H2,1H3,(H2,13,14). The van der Waals surface area contributed by atoms with Crippen LogP contribution in [0.1, 0.15) is 19.8 Å². The van der Waals surface area contributed by atoms with E-state index in [1.165, 1.54) is 0 Å². The van der Waals surface area contributed by atoms with Crippen LogP contribution >= 0.6 is 15.9 Å². The molecule has 0 aliphatic carbocycles. The Morgan fingerprint density at radius 3 is 2.94 bits per heavy atom. The third-order valence-electron chi connectivity index (χ3n) is 2.12. The summed E-state index contributed by atoms with van der Waals surface area (Å²) in [5.41, 5.74) is 5.44. The highest BCUT2D eigenvalue weighted by Crippen LogP contribution is 2.20. The van der Waals surface area contributed by atoms with E-state index < -0.39 is 0 Å². The number of benzene rings is 1. The molecular weight excluding hydrogens is 272 g/mol. The van der Waals surface area contributed by atoms with Crippen LogP contribution < -0.4 is 10.5 Å². The van der Waals surface area contributed by atoms with Crippen LogP contribution in [-0.2, 0) is 0 Å². The molecule has 0 aliphatic rings. The van der Waals surface area contributed by atoms with Gasteiger partial charge in [0.15, 0.2) is 0 Å². The quantitative estimate of drug-likeness (QED) is 0.379. The summed E-state index contributed by atoms with van der Waals surface area (Å²) in [7, 11) is 0. The van der Waals surface area contributed by atoms with Crippen LogP contribution in [0.5, 0.6) is 5.75 Å². The Labute approximate surface area is 103 Å². The molecule has 5 heteroatoms. The zero-order chi connectivity index (χ0) is 12.0. The van der Waals surface area contributed by atoms with Crippen LogP contribution in [-0.4, -0.2) is 17.1 Å². The second kappa shape index (κ2) is 6.37. The van der Waals surface area contributed by atoms with Crippen molar-refractivity contribution in [2.75, 3.05) is 0 Å². The van der Waals surface area contributed by atoms with E-state index in [2.05, 4.69) is 21.1 Å². The lowest BCUT2D eigenvalue weighted by Gasteiger charge is -2.16. The van der Waals surface area contributed by atoms with Crippen molar-refractivity contribution in [3.8, 4) is 5.75 Å². The Hall–Kier alpha value is -1.23. The molecule has 0 amide bonds. The lowest BCUT2D eigenvalue weighted by Crippen LogP contribution is -2.24. The Kier molecular flexibility index (Phi) is 5.11. The molecule has 1 atom stereocenters. The monoisotopic (exact) mass is 286 g/mol. The number of oxime groups is 1. The van der Waals surface area contributed by atoms with Gasteiger partial charge in [0.1, 0.15) is 17.7 Å². The number of hydrogen-bond acceptors (Lipinski definition) is 3. The van der Waals surface area contributed by atoms with E-state index in [0.29, 0.717) is 6.42 Å². The zero-order valence-corrected chi connectivity index (χ0v) is 10.6. The summed E-state index contributed by atoms with van der Waals surface area (Å²) in [4.78, 5) is 0. The number of halogens is 1. The largest absolute Gasteiger partial charge is 0.490 e. The van der Waals surface area contributed by atoms with Gasteiger partial charge in [-0.3, -0.25) is 0 Å². The third kappa shape index (κ3) is 4.10. The summed E-state index contributed by atoms with van der Waals surface area (Å²) in [5.74, 6) is 0.953. The van der Waals surface area contributed by atoms with Crippen molar-refractivity contribution < 1.29 is 9.94 Å². The molecule has 4 nitrogen and oxygen atoms in total. The molecule has 1 aromatic carbocycles. The van der Waals surface area contributed by atoms with Gasteiger partial charge in [-0.1, -0.05) is 34.1 Å². The molecule has 1 unspecified atom stereocenters. The molecule has 0 aliphatic heterocycles. The predicted octanol–water partition coefficient (Wildman–Crippen LogP) is 2.74. The second-order valence-corrected chi connectivity index (χ2v) is 4.32. The van der Waals surface area contributed by atoms with Gasteiger partial charge in [0.05, 0.1) is 0 Å². The second-order valence-electron chi connectivity index (χ2n) is 3.40. The molecule has 3 N–H and O–H groups in total. The van der Waals surface area contributed by atoms with Gasteiger partial charge < -0.3 is 15.7 Å². The van der Waals surface area contributed by atoms with Gasteiger partial charge in [-0.05, 0) is 24.6 Å². The van der Waals surface area contributed by atoms with Gasteiger partial charge in [-0.25, -0.2) is 0 Å². The van der Waals surface area contributed by atoms with E-state index in [1.54, 1.807) is 0 Å². The fourth-order valence-corrected chi connectivity index (χ4v) is 1.65. The van der Waals surface area contributed by atoms with Crippen LogP contribution in [0.3, 0.4) is 0 Å². The molecule has 0 aromatic heterocycles. The number of nitrogens with zero attached hydrogens (tertiary/aromatic N) is 1. The van der Waals surface area contributed by atoms with Crippen LogP contribution in [0.2, 0.25) is 0 Å². The molecule has 0 spiro atoms. The number of nitrogens with two attached hydrogens (primary N) is 1. The average Bonchev–Trinajstić information content (AvgIpc) is 2.28. The minimum atomic E-state index is -0.0785. The molecule has 16 heavy (non-hydrogen) atoms. The van der Waals surface area contributed by atoms with Crippen LogP contribution in [0, 0.1) is 0 Å². The maximum atomic E-state index is 8.49. The Morgan fingerprint density at radius 2 is 2.38 bits per heavy atom. The molecule has 0 heterocycles. The van der Waals surface area contributed by atoms with Crippen LogP contribution in [0.25, 0.3) is 0 Å². The summed E-state index contributed by atoms with van der Waals surface area (Å²) < 4.78 is 6.68.